The molecule has 0 saturated carbocycles. The molecule has 1 amide bonds. The van der Waals surface area contributed by atoms with Crippen molar-refractivity contribution in [2.75, 3.05) is 0 Å². The first-order valence-electron chi connectivity index (χ1n) is 5.31. The predicted molar refractivity (Wildman–Crippen MR) is 65.7 cm³/mol. The van der Waals surface area contributed by atoms with Crippen LogP contribution in [0.2, 0.25) is 0 Å². The van der Waals surface area contributed by atoms with Gasteiger partial charge in [-0.05, 0) is 12.1 Å². The van der Waals surface area contributed by atoms with Crippen LogP contribution >= 0.6 is 0 Å². The third-order valence-electron chi connectivity index (χ3n) is 2.46. The molecule has 18 heavy (non-hydrogen) atoms. The molecule has 0 bridgehead atoms. The van der Waals surface area contributed by atoms with E-state index >= 15 is 0 Å². The maximum Gasteiger partial charge on any atom is 0.267 e. The Bertz CT molecular complexity index is 601. The molecule has 0 unspecified atom stereocenters. The molecule has 0 aromatic carbocycles. The van der Waals surface area contributed by atoms with E-state index in [1.807, 2.05) is 0 Å². The minimum Gasteiger partial charge on any atom is -0.348 e. The van der Waals surface area contributed by atoms with Crippen LogP contribution in [0.5, 0.6) is 0 Å². The fourth-order valence-electron chi connectivity index (χ4n) is 1.57. The van der Waals surface area contributed by atoms with E-state index in [-0.39, 0.29) is 11.3 Å². The monoisotopic (exact) mass is 244 g/mol. The molecule has 2 heterocycles. The summed E-state index contributed by atoms with van der Waals surface area (Å²) >= 11 is 0. The maximum atomic E-state index is 11.5. The second kappa shape index (κ2) is 5.24. The van der Waals surface area contributed by atoms with E-state index in [9.17, 15) is 9.59 Å². The van der Waals surface area contributed by atoms with Gasteiger partial charge in [0.2, 0.25) is 0 Å². The number of rotatable bonds is 3. The molecule has 0 saturated heterocycles. The normalized spacial score (nSPS) is 10.1. The van der Waals surface area contributed by atoms with Crippen LogP contribution in [0.25, 0.3) is 0 Å². The summed E-state index contributed by atoms with van der Waals surface area (Å²) in [4.78, 5) is 26.7. The predicted octanol–water partition coefficient (Wildman–Crippen LogP) is -0.105. The summed E-state index contributed by atoms with van der Waals surface area (Å²) in [5, 5.41) is 0. The molecule has 2 aromatic rings. The molecule has 2 aromatic heterocycles. The molecule has 0 fully saturated rings. The maximum absolute atomic E-state index is 11.5. The molecule has 0 spiro atoms. The number of aromatic nitrogens is 2. The van der Waals surface area contributed by atoms with Gasteiger partial charge in [0.1, 0.15) is 0 Å². The zero-order valence-corrected chi connectivity index (χ0v) is 9.54. The molecule has 92 valence electrons. The van der Waals surface area contributed by atoms with Gasteiger partial charge in [-0.3, -0.25) is 20.0 Å². The number of hydrogen-bond donors (Lipinski definition) is 2. The third-order valence-corrected chi connectivity index (χ3v) is 2.46. The zero-order chi connectivity index (χ0) is 13.0. The van der Waals surface area contributed by atoms with Crippen molar-refractivity contribution in [2.45, 2.75) is 6.54 Å². The van der Waals surface area contributed by atoms with Crippen LogP contribution in [0.15, 0.2) is 47.7 Å². The molecular formula is C12H12N4O2. The number of amides is 1. The highest BCUT2D eigenvalue weighted by Crippen LogP contribution is 2.06. The number of nitrogens with one attached hydrogen (secondary N) is 1. The largest absolute Gasteiger partial charge is 0.348 e. The van der Waals surface area contributed by atoms with E-state index in [1.54, 1.807) is 35.3 Å². The first kappa shape index (κ1) is 12.0. The summed E-state index contributed by atoms with van der Waals surface area (Å²) in [6.45, 7) is 0.393. The second-order valence-electron chi connectivity index (χ2n) is 3.68. The lowest BCUT2D eigenvalue weighted by atomic mass is 10.2. The number of carbonyl (C=O) groups excluding carboxylic acids is 1. The third kappa shape index (κ3) is 2.61. The smallest absolute Gasteiger partial charge is 0.267 e. The van der Waals surface area contributed by atoms with Crippen molar-refractivity contribution in [3.8, 4) is 0 Å². The Kier molecular flexibility index (Phi) is 3.49. The zero-order valence-electron chi connectivity index (χ0n) is 9.54. The van der Waals surface area contributed by atoms with E-state index in [1.165, 1.54) is 12.1 Å². The van der Waals surface area contributed by atoms with Gasteiger partial charge >= 0.3 is 0 Å². The first-order valence-corrected chi connectivity index (χ1v) is 5.31. The van der Waals surface area contributed by atoms with Gasteiger partial charge in [0.25, 0.3) is 5.91 Å². The Morgan fingerprint density at radius 3 is 2.72 bits per heavy atom. The van der Waals surface area contributed by atoms with Gasteiger partial charge in [0, 0.05) is 30.7 Å². The number of hydrogen-bond acceptors (Lipinski definition) is 4. The average molecular weight is 244 g/mol. The lowest BCUT2D eigenvalue weighted by Crippen LogP contribution is -2.31. The number of nitrogens with two attached hydrogens (primary N) is 1. The van der Waals surface area contributed by atoms with Crippen molar-refractivity contribution in [3.05, 3.63) is 64.3 Å². The summed E-state index contributed by atoms with van der Waals surface area (Å²) < 4.78 is 1.76. The quantitative estimate of drug-likeness (QED) is 0.448. The standard InChI is InChI=1S/C12H12N4O2/c13-15-12(18)10-2-1-5-14-11(10)8-16-6-3-9(17)4-7-16/h1-7H,8,13H2,(H,15,18). The van der Waals surface area contributed by atoms with Crippen LogP contribution in [-0.2, 0) is 6.54 Å². The van der Waals surface area contributed by atoms with Crippen molar-refractivity contribution in [1.82, 2.24) is 15.0 Å². The van der Waals surface area contributed by atoms with Gasteiger partial charge in [-0.15, -0.1) is 0 Å². The molecule has 3 N–H and O–H groups in total. The van der Waals surface area contributed by atoms with Crippen LogP contribution in [-0.4, -0.2) is 15.5 Å². The van der Waals surface area contributed by atoms with Crippen LogP contribution < -0.4 is 16.7 Å². The summed E-state index contributed by atoms with van der Waals surface area (Å²) in [6.07, 6.45) is 4.88. The highest BCUT2D eigenvalue weighted by molar-refractivity contribution is 5.94. The van der Waals surface area contributed by atoms with Crippen molar-refractivity contribution in [3.63, 3.8) is 0 Å². The second-order valence-corrected chi connectivity index (χ2v) is 3.68. The fraction of sp³-hybridized carbons (Fsp3) is 0.0833. The number of nitrogen functional groups attached to an aromatic ring is 1. The van der Waals surface area contributed by atoms with E-state index in [4.69, 9.17) is 5.84 Å². The van der Waals surface area contributed by atoms with E-state index in [2.05, 4.69) is 10.4 Å². The average Bonchev–Trinajstić information content (AvgIpc) is 2.41. The summed E-state index contributed by atoms with van der Waals surface area (Å²) in [7, 11) is 0. The Morgan fingerprint density at radius 2 is 2.06 bits per heavy atom. The molecule has 2 rings (SSSR count). The van der Waals surface area contributed by atoms with Gasteiger partial charge in [-0.2, -0.15) is 0 Å². The fourth-order valence-corrected chi connectivity index (χ4v) is 1.57. The van der Waals surface area contributed by atoms with Crippen LogP contribution in [0.4, 0.5) is 0 Å². The topological polar surface area (TPSA) is 90.0 Å². The Hall–Kier alpha value is -2.47. The van der Waals surface area contributed by atoms with Crippen LogP contribution in [0.3, 0.4) is 0 Å². The van der Waals surface area contributed by atoms with E-state index in [0.29, 0.717) is 17.8 Å². The van der Waals surface area contributed by atoms with Gasteiger partial charge in [0.15, 0.2) is 5.43 Å². The molecule has 0 aliphatic heterocycles. The molecule has 6 nitrogen and oxygen atoms in total. The molecule has 0 aliphatic rings. The first-order chi connectivity index (χ1) is 8.70. The molecular weight excluding hydrogens is 232 g/mol. The number of carbonyl (C=O) groups is 1. The molecule has 0 radical (unpaired) electrons. The van der Waals surface area contributed by atoms with Crippen molar-refractivity contribution in [1.29, 1.82) is 0 Å². The lowest BCUT2D eigenvalue weighted by Gasteiger charge is -2.09. The molecule has 0 atom stereocenters. The molecule has 0 aliphatic carbocycles. The SMILES string of the molecule is NNC(=O)c1cccnc1Cn1ccc(=O)cc1. The van der Waals surface area contributed by atoms with Gasteiger partial charge in [-0.25, -0.2) is 5.84 Å². The summed E-state index contributed by atoms with van der Waals surface area (Å²) in [5.41, 5.74) is 3.02. The Balaban J connectivity index is 2.31. The van der Waals surface area contributed by atoms with Gasteiger partial charge < -0.3 is 4.57 Å². The minimum absolute atomic E-state index is 0.0628. The summed E-state index contributed by atoms with van der Waals surface area (Å²) in [5.74, 6) is 4.72. The lowest BCUT2D eigenvalue weighted by molar-refractivity contribution is 0.0952. The minimum atomic E-state index is -0.390. The van der Waals surface area contributed by atoms with Crippen molar-refractivity contribution in [2.24, 2.45) is 5.84 Å². The molecule has 6 heteroatoms. The van der Waals surface area contributed by atoms with Crippen molar-refractivity contribution < 1.29 is 4.79 Å². The van der Waals surface area contributed by atoms with Crippen LogP contribution in [0, 0.1) is 0 Å². The van der Waals surface area contributed by atoms with E-state index < -0.39 is 0 Å². The highest BCUT2D eigenvalue weighted by atomic mass is 16.2. The Morgan fingerprint density at radius 1 is 1.33 bits per heavy atom. The van der Waals surface area contributed by atoms with Gasteiger partial charge in [-0.1, -0.05) is 0 Å². The van der Waals surface area contributed by atoms with Crippen molar-refractivity contribution >= 4 is 5.91 Å². The Labute approximate surface area is 103 Å². The van der Waals surface area contributed by atoms with Gasteiger partial charge in [0.05, 0.1) is 17.8 Å². The summed E-state index contributed by atoms with van der Waals surface area (Å²) in [6, 6.07) is 6.21. The van der Waals surface area contributed by atoms with Crippen LogP contribution in [0.1, 0.15) is 16.1 Å². The number of nitrogens with zero attached hydrogens (tertiary/aromatic N) is 2. The highest BCUT2D eigenvalue weighted by Gasteiger charge is 2.10. The number of hydrazine groups is 1. The van der Waals surface area contributed by atoms with E-state index in [0.717, 1.165) is 0 Å². The number of pyridine rings is 2.